The van der Waals surface area contributed by atoms with E-state index in [0.29, 0.717) is 23.8 Å². The lowest BCUT2D eigenvalue weighted by Crippen LogP contribution is -2.14. The smallest absolute Gasteiger partial charge is 0.234 e. The van der Waals surface area contributed by atoms with E-state index in [4.69, 9.17) is 9.97 Å². The van der Waals surface area contributed by atoms with Gasteiger partial charge in [-0.05, 0) is 68.4 Å². The van der Waals surface area contributed by atoms with Crippen LogP contribution in [0.2, 0.25) is 0 Å². The van der Waals surface area contributed by atoms with E-state index >= 15 is 0 Å². The van der Waals surface area contributed by atoms with Gasteiger partial charge in [0.1, 0.15) is 15.7 Å². The number of amides is 2. The molecule has 0 radical (unpaired) electrons. The number of nitrogens with zero attached hydrogens (tertiary/aromatic N) is 2. The van der Waals surface area contributed by atoms with Gasteiger partial charge < -0.3 is 10.6 Å². The Balaban J connectivity index is 1.30. The zero-order chi connectivity index (χ0) is 22.1. The average molecular weight is 467 g/mol. The van der Waals surface area contributed by atoms with E-state index in [1.165, 1.54) is 40.4 Å². The van der Waals surface area contributed by atoms with Crippen LogP contribution in [0, 0.1) is 0 Å². The van der Waals surface area contributed by atoms with Gasteiger partial charge in [-0.1, -0.05) is 18.7 Å². The third kappa shape index (κ3) is 4.66. The van der Waals surface area contributed by atoms with Crippen LogP contribution in [0.4, 0.5) is 11.4 Å². The van der Waals surface area contributed by atoms with Gasteiger partial charge in [0.15, 0.2) is 0 Å². The summed E-state index contributed by atoms with van der Waals surface area (Å²) < 4.78 is 0. The van der Waals surface area contributed by atoms with E-state index in [-0.39, 0.29) is 11.8 Å². The molecule has 1 saturated carbocycles. The molecule has 0 bridgehead atoms. The van der Waals surface area contributed by atoms with Crippen LogP contribution in [0.15, 0.2) is 29.3 Å². The molecule has 0 aliphatic heterocycles. The summed E-state index contributed by atoms with van der Waals surface area (Å²) in [7, 11) is 0. The Bertz CT molecular complexity index is 1170. The predicted octanol–water partition coefficient (Wildman–Crippen LogP) is 5.53. The van der Waals surface area contributed by atoms with Gasteiger partial charge in [0.2, 0.25) is 11.8 Å². The van der Waals surface area contributed by atoms with Crippen molar-refractivity contribution in [3.05, 3.63) is 40.5 Å². The van der Waals surface area contributed by atoms with Crippen LogP contribution in [-0.2, 0) is 22.4 Å². The lowest BCUT2D eigenvalue weighted by Gasteiger charge is -2.12. The number of benzene rings is 1. The first-order chi connectivity index (χ1) is 15.6. The minimum absolute atomic E-state index is 0.0319. The highest BCUT2D eigenvalue weighted by Crippen LogP contribution is 2.44. The van der Waals surface area contributed by atoms with E-state index in [9.17, 15) is 9.59 Å². The first-order valence-electron chi connectivity index (χ1n) is 11.3. The van der Waals surface area contributed by atoms with Gasteiger partial charge in [-0.3, -0.25) is 9.59 Å². The van der Waals surface area contributed by atoms with Crippen molar-refractivity contribution in [2.45, 2.75) is 62.8 Å². The number of rotatable bonds is 7. The highest BCUT2D eigenvalue weighted by atomic mass is 32.2. The summed E-state index contributed by atoms with van der Waals surface area (Å²) in [6, 6.07) is 7.20. The number of thioether (sulfide) groups is 1. The predicted molar refractivity (Wildman–Crippen MR) is 131 cm³/mol. The fourth-order valence-electron chi connectivity index (χ4n) is 3.99. The SMILES string of the molecule is CCC(=O)Nc1ccc(NC(=O)CSc2nc(C3CC3)nc3sc4c(c23)CCCC4)cc1. The summed E-state index contributed by atoms with van der Waals surface area (Å²) in [5.41, 5.74) is 2.85. The molecule has 0 saturated heterocycles. The van der Waals surface area contributed by atoms with Crippen molar-refractivity contribution in [3.8, 4) is 0 Å². The lowest BCUT2D eigenvalue weighted by atomic mass is 9.97. The summed E-state index contributed by atoms with van der Waals surface area (Å²) in [6.07, 6.45) is 7.43. The maximum Gasteiger partial charge on any atom is 0.234 e. The van der Waals surface area contributed by atoms with E-state index in [2.05, 4.69) is 10.6 Å². The fourth-order valence-corrected chi connectivity index (χ4v) is 6.18. The Kier molecular flexibility index (Phi) is 6.15. The molecule has 2 amide bonds. The molecular formula is C24H26N4O2S2. The summed E-state index contributed by atoms with van der Waals surface area (Å²) in [4.78, 5) is 36.5. The number of hydrogen-bond donors (Lipinski definition) is 2. The first kappa shape index (κ1) is 21.4. The van der Waals surface area contributed by atoms with Crippen LogP contribution in [0.25, 0.3) is 10.2 Å². The van der Waals surface area contributed by atoms with Gasteiger partial charge in [-0.15, -0.1) is 11.3 Å². The van der Waals surface area contributed by atoms with Crippen LogP contribution >= 0.6 is 23.1 Å². The molecule has 6 nitrogen and oxygen atoms in total. The number of hydrogen-bond acceptors (Lipinski definition) is 6. The van der Waals surface area contributed by atoms with Crippen molar-refractivity contribution in [1.29, 1.82) is 0 Å². The molecule has 5 rings (SSSR count). The van der Waals surface area contributed by atoms with Gasteiger partial charge in [0.05, 0.1) is 5.75 Å². The van der Waals surface area contributed by atoms with E-state index in [1.54, 1.807) is 24.3 Å². The van der Waals surface area contributed by atoms with Crippen molar-refractivity contribution in [1.82, 2.24) is 9.97 Å². The van der Waals surface area contributed by atoms with E-state index in [1.807, 2.05) is 18.3 Å². The molecule has 166 valence electrons. The lowest BCUT2D eigenvalue weighted by molar-refractivity contribution is -0.116. The van der Waals surface area contributed by atoms with Crippen LogP contribution in [0.3, 0.4) is 0 Å². The number of anilines is 2. The molecule has 2 aliphatic carbocycles. The minimum atomic E-state index is -0.0656. The molecule has 0 unspecified atom stereocenters. The number of thiophene rings is 1. The Morgan fingerprint density at radius 3 is 2.41 bits per heavy atom. The second-order valence-corrected chi connectivity index (χ2v) is 10.4. The van der Waals surface area contributed by atoms with Gasteiger partial charge >= 0.3 is 0 Å². The maximum absolute atomic E-state index is 12.6. The second-order valence-electron chi connectivity index (χ2n) is 8.37. The summed E-state index contributed by atoms with van der Waals surface area (Å²) in [5.74, 6) is 1.64. The van der Waals surface area contributed by atoms with Gasteiger partial charge in [-0.2, -0.15) is 0 Å². The fraction of sp³-hybridized carbons (Fsp3) is 0.417. The van der Waals surface area contributed by atoms with Crippen LogP contribution < -0.4 is 10.6 Å². The Hall–Kier alpha value is -2.45. The van der Waals surface area contributed by atoms with E-state index < -0.39 is 0 Å². The summed E-state index contributed by atoms with van der Waals surface area (Å²) in [6.45, 7) is 1.81. The van der Waals surface area contributed by atoms with Crippen molar-refractivity contribution in [2.24, 2.45) is 0 Å². The molecule has 8 heteroatoms. The van der Waals surface area contributed by atoms with Crippen molar-refractivity contribution in [3.63, 3.8) is 0 Å². The van der Waals surface area contributed by atoms with Crippen molar-refractivity contribution < 1.29 is 9.59 Å². The zero-order valence-electron chi connectivity index (χ0n) is 18.1. The number of carbonyl (C=O) groups is 2. The topological polar surface area (TPSA) is 84.0 Å². The number of aromatic nitrogens is 2. The van der Waals surface area contributed by atoms with Crippen molar-refractivity contribution in [2.75, 3.05) is 16.4 Å². The molecular weight excluding hydrogens is 440 g/mol. The molecule has 2 N–H and O–H groups in total. The minimum Gasteiger partial charge on any atom is -0.326 e. The third-order valence-corrected chi connectivity index (χ3v) is 8.02. The molecule has 3 aromatic rings. The van der Waals surface area contributed by atoms with Crippen molar-refractivity contribution >= 4 is 56.5 Å². The highest BCUT2D eigenvalue weighted by molar-refractivity contribution is 8.00. The summed E-state index contributed by atoms with van der Waals surface area (Å²) >= 11 is 3.34. The van der Waals surface area contributed by atoms with Gasteiger partial charge in [0, 0.05) is 34.0 Å². The molecule has 1 fully saturated rings. The number of nitrogens with one attached hydrogen (secondary N) is 2. The second kappa shape index (κ2) is 9.19. The largest absolute Gasteiger partial charge is 0.326 e. The Morgan fingerprint density at radius 2 is 1.72 bits per heavy atom. The quantitative estimate of drug-likeness (QED) is 0.353. The zero-order valence-corrected chi connectivity index (χ0v) is 19.7. The highest BCUT2D eigenvalue weighted by Gasteiger charge is 2.29. The standard InChI is InChI=1S/C24H26N4O2S2/c1-2-19(29)25-15-9-11-16(12-10-15)26-20(30)13-31-23-21-17-5-3-4-6-18(17)32-24(21)28-22(27-23)14-7-8-14/h9-12,14H,2-8,13H2,1H3,(H,25,29)(H,26,30). The molecule has 0 atom stereocenters. The van der Waals surface area contributed by atoms with E-state index in [0.717, 1.165) is 47.1 Å². The van der Waals surface area contributed by atoms with Crippen LogP contribution in [0.5, 0.6) is 0 Å². The molecule has 32 heavy (non-hydrogen) atoms. The molecule has 2 aliphatic rings. The summed E-state index contributed by atoms with van der Waals surface area (Å²) in [5, 5.41) is 7.90. The van der Waals surface area contributed by atoms with Gasteiger partial charge in [-0.25, -0.2) is 9.97 Å². The molecule has 1 aromatic carbocycles. The number of carbonyl (C=O) groups excluding carboxylic acids is 2. The van der Waals surface area contributed by atoms with Crippen LogP contribution in [-0.4, -0.2) is 27.5 Å². The monoisotopic (exact) mass is 466 g/mol. The maximum atomic E-state index is 12.6. The molecule has 2 heterocycles. The third-order valence-electron chi connectivity index (χ3n) is 5.85. The molecule has 2 aromatic heterocycles. The van der Waals surface area contributed by atoms with Gasteiger partial charge in [0.25, 0.3) is 0 Å². The Labute approximate surface area is 195 Å². The first-order valence-corrected chi connectivity index (χ1v) is 13.1. The van der Waals surface area contributed by atoms with Crippen LogP contribution in [0.1, 0.15) is 61.2 Å². The molecule has 0 spiro atoms. The normalized spacial score (nSPS) is 15.4. The Morgan fingerprint density at radius 1 is 1.03 bits per heavy atom. The number of fused-ring (bicyclic) bond motifs is 3. The number of aryl methyl sites for hydroxylation is 2. The average Bonchev–Trinajstić information content (AvgIpc) is 3.59.